The summed E-state index contributed by atoms with van der Waals surface area (Å²) in [4.78, 5) is 14.2. The highest BCUT2D eigenvalue weighted by atomic mass is 35.5. The van der Waals surface area contributed by atoms with Gasteiger partial charge in [0.05, 0.1) is 7.11 Å². The molecule has 0 radical (unpaired) electrons. The maximum Gasteiger partial charge on any atom is 0.255 e. The first-order valence-corrected chi connectivity index (χ1v) is 11.4. The highest BCUT2D eigenvalue weighted by Gasteiger charge is 2.14. The minimum atomic E-state index is -0.106. The van der Waals surface area contributed by atoms with E-state index in [-0.39, 0.29) is 5.91 Å². The third-order valence-electron chi connectivity index (χ3n) is 4.99. The zero-order valence-electron chi connectivity index (χ0n) is 17.5. The Kier molecular flexibility index (Phi) is 7.83. The summed E-state index contributed by atoms with van der Waals surface area (Å²) in [5, 5.41) is 3.86. The normalized spacial score (nSPS) is 10.7. The van der Waals surface area contributed by atoms with Crippen LogP contribution in [0.1, 0.15) is 40.9 Å². The van der Waals surface area contributed by atoms with Crippen LogP contribution < -0.4 is 10.1 Å². The summed E-state index contributed by atoms with van der Waals surface area (Å²) in [5.74, 6) is 1.36. The predicted octanol–water partition coefficient (Wildman–Crippen LogP) is 7.02. The van der Waals surface area contributed by atoms with E-state index in [4.69, 9.17) is 16.3 Å². The number of hydrogen-bond acceptors (Lipinski definition) is 3. The number of thioether (sulfide) groups is 1. The molecule has 0 unspecified atom stereocenters. The molecule has 156 valence electrons. The SMILES string of the molecule is CCc1cccc(CC)c1NC(=O)c1ccc(OC)c(CSc2ccc(Cl)cc2)c1. The van der Waals surface area contributed by atoms with Crippen molar-refractivity contribution >= 4 is 35.0 Å². The Morgan fingerprint density at radius 2 is 1.63 bits per heavy atom. The molecule has 0 fully saturated rings. The van der Waals surface area contributed by atoms with E-state index in [1.165, 1.54) is 0 Å². The van der Waals surface area contributed by atoms with Crippen molar-refractivity contribution in [3.63, 3.8) is 0 Å². The molecule has 0 bridgehead atoms. The topological polar surface area (TPSA) is 38.3 Å². The molecule has 0 atom stereocenters. The van der Waals surface area contributed by atoms with Gasteiger partial charge in [0.1, 0.15) is 5.75 Å². The number of carbonyl (C=O) groups is 1. The van der Waals surface area contributed by atoms with E-state index in [1.54, 1.807) is 18.9 Å². The van der Waals surface area contributed by atoms with E-state index in [9.17, 15) is 4.79 Å². The molecule has 3 nitrogen and oxygen atoms in total. The molecule has 3 aromatic carbocycles. The highest BCUT2D eigenvalue weighted by Crippen LogP contribution is 2.30. The first-order chi connectivity index (χ1) is 14.5. The zero-order valence-corrected chi connectivity index (χ0v) is 19.1. The number of halogens is 1. The van der Waals surface area contributed by atoms with Crippen LogP contribution in [0.25, 0.3) is 0 Å². The maximum atomic E-state index is 13.0. The smallest absolute Gasteiger partial charge is 0.255 e. The Labute approximate surface area is 187 Å². The molecule has 30 heavy (non-hydrogen) atoms. The van der Waals surface area contributed by atoms with Crippen LogP contribution in [0.2, 0.25) is 5.02 Å². The van der Waals surface area contributed by atoms with Gasteiger partial charge in [-0.3, -0.25) is 4.79 Å². The Morgan fingerprint density at radius 3 is 2.23 bits per heavy atom. The van der Waals surface area contributed by atoms with E-state index in [0.29, 0.717) is 11.3 Å². The molecule has 1 amide bonds. The second-order valence-corrected chi connectivity index (χ2v) is 8.37. The summed E-state index contributed by atoms with van der Waals surface area (Å²) >= 11 is 7.65. The van der Waals surface area contributed by atoms with Crippen LogP contribution in [-0.2, 0) is 18.6 Å². The Morgan fingerprint density at radius 1 is 0.967 bits per heavy atom. The van der Waals surface area contributed by atoms with Gasteiger partial charge in [0.15, 0.2) is 0 Å². The van der Waals surface area contributed by atoms with Crippen molar-refractivity contribution in [3.05, 3.63) is 87.9 Å². The van der Waals surface area contributed by atoms with E-state index in [1.807, 2.05) is 48.5 Å². The standard InChI is InChI=1S/C25H26ClNO2S/c1-4-17-7-6-8-18(5-2)24(17)27-25(28)19-9-14-23(29-3)20(15-19)16-30-22-12-10-21(26)11-13-22/h6-15H,4-5,16H2,1-3H3,(H,27,28). The molecule has 1 N–H and O–H groups in total. The van der Waals surface area contributed by atoms with Gasteiger partial charge < -0.3 is 10.1 Å². The van der Waals surface area contributed by atoms with E-state index in [2.05, 4.69) is 31.3 Å². The lowest BCUT2D eigenvalue weighted by molar-refractivity contribution is 0.102. The Hall–Kier alpha value is -2.43. The number of nitrogens with one attached hydrogen (secondary N) is 1. The fraction of sp³-hybridized carbons (Fsp3) is 0.240. The molecule has 0 aliphatic heterocycles. The van der Waals surface area contributed by atoms with Crippen LogP contribution in [0, 0.1) is 0 Å². The lowest BCUT2D eigenvalue weighted by Gasteiger charge is -2.15. The maximum absolute atomic E-state index is 13.0. The molecule has 0 aliphatic carbocycles. The average Bonchev–Trinajstić information content (AvgIpc) is 2.78. The number of carbonyl (C=O) groups excluding carboxylic acids is 1. The minimum absolute atomic E-state index is 0.106. The number of rotatable bonds is 8. The lowest BCUT2D eigenvalue weighted by Crippen LogP contribution is -2.15. The van der Waals surface area contributed by atoms with Gasteiger partial charge in [0.2, 0.25) is 0 Å². The van der Waals surface area contributed by atoms with Crippen LogP contribution >= 0.6 is 23.4 Å². The Balaban J connectivity index is 1.82. The molecule has 0 saturated heterocycles. The first-order valence-electron chi connectivity index (χ1n) is 10.0. The summed E-state index contributed by atoms with van der Waals surface area (Å²) in [6.45, 7) is 4.20. The van der Waals surface area contributed by atoms with E-state index in [0.717, 1.165) is 50.9 Å². The molecule has 0 heterocycles. The number of aryl methyl sites for hydroxylation is 2. The van der Waals surface area contributed by atoms with Crippen molar-refractivity contribution in [3.8, 4) is 5.75 Å². The third kappa shape index (κ3) is 5.38. The summed E-state index contributed by atoms with van der Waals surface area (Å²) in [6.07, 6.45) is 1.74. The monoisotopic (exact) mass is 439 g/mol. The van der Waals surface area contributed by atoms with Crippen LogP contribution in [0.5, 0.6) is 5.75 Å². The van der Waals surface area contributed by atoms with Crippen molar-refractivity contribution in [1.29, 1.82) is 0 Å². The second-order valence-electron chi connectivity index (χ2n) is 6.88. The minimum Gasteiger partial charge on any atom is -0.496 e. The Bertz CT molecular complexity index is 996. The number of ether oxygens (including phenoxy) is 1. The number of methoxy groups -OCH3 is 1. The van der Waals surface area contributed by atoms with Crippen molar-refractivity contribution < 1.29 is 9.53 Å². The fourth-order valence-corrected chi connectivity index (χ4v) is 4.32. The molecule has 3 rings (SSSR count). The van der Waals surface area contributed by atoms with Crippen LogP contribution in [-0.4, -0.2) is 13.0 Å². The summed E-state index contributed by atoms with van der Waals surface area (Å²) in [5.41, 5.74) is 4.82. The van der Waals surface area contributed by atoms with Gasteiger partial charge in [-0.05, 0) is 66.4 Å². The van der Waals surface area contributed by atoms with Crippen molar-refractivity contribution in [1.82, 2.24) is 0 Å². The largest absolute Gasteiger partial charge is 0.496 e. The number of para-hydroxylation sites is 1. The number of anilines is 1. The van der Waals surface area contributed by atoms with Gasteiger partial charge in [-0.1, -0.05) is 43.6 Å². The van der Waals surface area contributed by atoms with Crippen LogP contribution in [0.3, 0.4) is 0 Å². The van der Waals surface area contributed by atoms with E-state index >= 15 is 0 Å². The lowest BCUT2D eigenvalue weighted by atomic mass is 10.0. The molecule has 0 spiro atoms. The predicted molar refractivity (Wildman–Crippen MR) is 127 cm³/mol. The van der Waals surface area contributed by atoms with Crippen molar-refractivity contribution in [2.75, 3.05) is 12.4 Å². The molecule has 3 aromatic rings. The summed E-state index contributed by atoms with van der Waals surface area (Å²) < 4.78 is 5.51. The molecule has 0 aliphatic rings. The zero-order chi connectivity index (χ0) is 21.5. The molecule has 5 heteroatoms. The van der Waals surface area contributed by atoms with Crippen molar-refractivity contribution in [2.45, 2.75) is 37.3 Å². The van der Waals surface area contributed by atoms with Gasteiger partial charge in [0, 0.05) is 32.5 Å². The van der Waals surface area contributed by atoms with E-state index < -0.39 is 0 Å². The van der Waals surface area contributed by atoms with Gasteiger partial charge >= 0.3 is 0 Å². The van der Waals surface area contributed by atoms with Gasteiger partial charge in [-0.25, -0.2) is 0 Å². The number of amides is 1. The average molecular weight is 440 g/mol. The summed E-state index contributed by atoms with van der Waals surface area (Å²) in [6, 6.07) is 19.5. The summed E-state index contributed by atoms with van der Waals surface area (Å²) in [7, 11) is 1.65. The molecular formula is C25H26ClNO2S. The van der Waals surface area contributed by atoms with Gasteiger partial charge in [-0.15, -0.1) is 11.8 Å². The second kappa shape index (κ2) is 10.6. The molecular weight excluding hydrogens is 414 g/mol. The van der Waals surface area contributed by atoms with Crippen molar-refractivity contribution in [2.24, 2.45) is 0 Å². The van der Waals surface area contributed by atoms with Crippen LogP contribution in [0.4, 0.5) is 5.69 Å². The third-order valence-corrected chi connectivity index (χ3v) is 6.30. The molecule has 0 aromatic heterocycles. The van der Waals surface area contributed by atoms with Gasteiger partial charge in [0.25, 0.3) is 5.91 Å². The fourth-order valence-electron chi connectivity index (χ4n) is 3.31. The number of benzene rings is 3. The molecule has 0 saturated carbocycles. The highest BCUT2D eigenvalue weighted by molar-refractivity contribution is 7.98. The number of hydrogen-bond donors (Lipinski definition) is 1. The van der Waals surface area contributed by atoms with Gasteiger partial charge in [-0.2, -0.15) is 0 Å². The quantitative estimate of drug-likeness (QED) is 0.383. The first kappa shape index (κ1) is 22.3. The van der Waals surface area contributed by atoms with Crippen LogP contribution in [0.15, 0.2) is 65.6 Å².